The van der Waals surface area contributed by atoms with Crippen LogP contribution in [0.3, 0.4) is 0 Å². The van der Waals surface area contributed by atoms with Crippen LogP contribution in [0.25, 0.3) is 0 Å². The average molecular weight is 264 g/mol. The van der Waals surface area contributed by atoms with Crippen LogP contribution in [0.5, 0.6) is 0 Å². The van der Waals surface area contributed by atoms with E-state index < -0.39 is 0 Å². The summed E-state index contributed by atoms with van der Waals surface area (Å²) < 4.78 is 5.28. The lowest BCUT2D eigenvalue weighted by molar-refractivity contribution is 0.0383. The number of nitrogens with one attached hydrogen (secondary N) is 2. The fourth-order valence-corrected chi connectivity index (χ4v) is 2.04. The van der Waals surface area contributed by atoms with Crippen LogP contribution in [0.15, 0.2) is 18.5 Å². The number of pyridine rings is 1. The van der Waals surface area contributed by atoms with Gasteiger partial charge in [0.25, 0.3) is 5.91 Å². The number of ether oxygens (including phenoxy) is 1. The first-order chi connectivity index (χ1) is 9.31. The summed E-state index contributed by atoms with van der Waals surface area (Å²) in [5, 5.41) is 5.90. The Morgan fingerprint density at radius 1 is 1.47 bits per heavy atom. The third-order valence-corrected chi connectivity index (χ3v) is 3.15. The van der Waals surface area contributed by atoms with E-state index in [1.54, 1.807) is 25.5 Å². The molecule has 0 aromatic carbocycles. The van der Waals surface area contributed by atoms with E-state index in [0.29, 0.717) is 12.1 Å². The number of hydrogen-bond acceptors (Lipinski definition) is 5. The Labute approximate surface area is 113 Å². The minimum Gasteiger partial charge on any atom is -0.386 e. The van der Waals surface area contributed by atoms with Gasteiger partial charge in [-0.25, -0.2) is 0 Å². The molecule has 2 N–H and O–H groups in total. The maximum Gasteiger partial charge on any atom is 0.253 e. The molecule has 0 unspecified atom stereocenters. The van der Waals surface area contributed by atoms with Gasteiger partial charge in [0, 0.05) is 39.4 Å². The predicted molar refractivity (Wildman–Crippen MR) is 73.4 cm³/mol. The van der Waals surface area contributed by atoms with Crippen molar-refractivity contribution in [2.24, 2.45) is 0 Å². The van der Waals surface area contributed by atoms with E-state index in [9.17, 15) is 4.79 Å². The molecular formula is C13H20N4O2. The van der Waals surface area contributed by atoms with Gasteiger partial charge < -0.3 is 15.4 Å². The predicted octanol–water partition coefficient (Wildman–Crippen LogP) is 0.185. The SMILES string of the molecule is CNc1cnccc1C(=O)NCCN1CCOCC1. The molecule has 0 bridgehead atoms. The van der Waals surface area contributed by atoms with Crippen molar-refractivity contribution >= 4 is 11.6 Å². The Balaban J connectivity index is 1.80. The van der Waals surface area contributed by atoms with Crippen molar-refractivity contribution in [3.8, 4) is 0 Å². The summed E-state index contributed by atoms with van der Waals surface area (Å²) in [6.07, 6.45) is 3.27. The molecule has 1 aromatic rings. The molecule has 0 aliphatic carbocycles. The number of nitrogens with zero attached hydrogens (tertiary/aromatic N) is 2. The Hall–Kier alpha value is -1.66. The van der Waals surface area contributed by atoms with Crippen molar-refractivity contribution in [2.75, 3.05) is 51.8 Å². The molecule has 6 nitrogen and oxygen atoms in total. The van der Waals surface area contributed by atoms with Gasteiger partial charge >= 0.3 is 0 Å². The molecule has 1 aliphatic heterocycles. The molecule has 1 fully saturated rings. The van der Waals surface area contributed by atoms with Gasteiger partial charge in [0.15, 0.2) is 0 Å². The zero-order valence-corrected chi connectivity index (χ0v) is 11.2. The molecule has 1 aliphatic rings. The Morgan fingerprint density at radius 2 is 2.26 bits per heavy atom. The highest BCUT2D eigenvalue weighted by molar-refractivity contribution is 5.99. The van der Waals surface area contributed by atoms with Gasteiger partial charge in [-0.3, -0.25) is 14.7 Å². The minimum atomic E-state index is -0.0694. The van der Waals surface area contributed by atoms with Crippen LogP contribution >= 0.6 is 0 Å². The van der Waals surface area contributed by atoms with E-state index in [1.165, 1.54) is 0 Å². The molecule has 0 saturated carbocycles. The lowest BCUT2D eigenvalue weighted by Gasteiger charge is -2.26. The van der Waals surface area contributed by atoms with Crippen LogP contribution in [0.4, 0.5) is 5.69 Å². The fourth-order valence-electron chi connectivity index (χ4n) is 2.04. The third-order valence-electron chi connectivity index (χ3n) is 3.15. The molecule has 2 rings (SSSR count). The first-order valence-electron chi connectivity index (χ1n) is 6.51. The molecule has 1 amide bonds. The Bertz CT molecular complexity index is 419. The van der Waals surface area contributed by atoms with Crippen molar-refractivity contribution in [1.82, 2.24) is 15.2 Å². The van der Waals surface area contributed by atoms with E-state index in [2.05, 4.69) is 20.5 Å². The Morgan fingerprint density at radius 3 is 3.00 bits per heavy atom. The second-order valence-electron chi connectivity index (χ2n) is 4.38. The van der Waals surface area contributed by atoms with Gasteiger partial charge in [0.1, 0.15) is 0 Å². The largest absolute Gasteiger partial charge is 0.386 e. The van der Waals surface area contributed by atoms with Gasteiger partial charge in [0.2, 0.25) is 0 Å². The summed E-state index contributed by atoms with van der Waals surface area (Å²) in [6.45, 7) is 4.93. The molecule has 0 spiro atoms. The molecule has 1 saturated heterocycles. The minimum absolute atomic E-state index is 0.0694. The first-order valence-corrected chi connectivity index (χ1v) is 6.51. The molecule has 19 heavy (non-hydrogen) atoms. The van der Waals surface area contributed by atoms with Crippen LogP contribution in [0, 0.1) is 0 Å². The number of hydrogen-bond donors (Lipinski definition) is 2. The van der Waals surface area contributed by atoms with E-state index in [0.717, 1.165) is 38.5 Å². The average Bonchev–Trinajstić information content (AvgIpc) is 2.48. The van der Waals surface area contributed by atoms with E-state index in [4.69, 9.17) is 4.74 Å². The smallest absolute Gasteiger partial charge is 0.253 e. The summed E-state index contributed by atoms with van der Waals surface area (Å²) in [5.74, 6) is -0.0694. The van der Waals surface area contributed by atoms with E-state index in [1.807, 2.05) is 0 Å². The van der Waals surface area contributed by atoms with Crippen LogP contribution in [0.1, 0.15) is 10.4 Å². The number of aromatic nitrogens is 1. The number of carbonyl (C=O) groups excluding carboxylic acids is 1. The molecule has 0 radical (unpaired) electrons. The zero-order chi connectivity index (χ0) is 13.5. The maximum atomic E-state index is 12.0. The second kappa shape index (κ2) is 7.06. The van der Waals surface area contributed by atoms with E-state index >= 15 is 0 Å². The van der Waals surface area contributed by atoms with Crippen molar-refractivity contribution in [3.05, 3.63) is 24.0 Å². The molecule has 1 aromatic heterocycles. The summed E-state index contributed by atoms with van der Waals surface area (Å²) in [5.41, 5.74) is 1.37. The van der Waals surface area contributed by atoms with Gasteiger partial charge in [0.05, 0.1) is 30.7 Å². The molecule has 2 heterocycles. The van der Waals surface area contributed by atoms with Crippen molar-refractivity contribution < 1.29 is 9.53 Å². The van der Waals surface area contributed by atoms with Crippen molar-refractivity contribution in [3.63, 3.8) is 0 Å². The monoisotopic (exact) mass is 264 g/mol. The standard InChI is InChI=1S/C13H20N4O2/c1-14-12-10-15-3-2-11(12)13(18)16-4-5-17-6-8-19-9-7-17/h2-3,10,14H,4-9H2,1H3,(H,16,18). The quantitative estimate of drug-likeness (QED) is 0.794. The van der Waals surface area contributed by atoms with Gasteiger partial charge in [-0.2, -0.15) is 0 Å². The number of amides is 1. The zero-order valence-electron chi connectivity index (χ0n) is 11.2. The lowest BCUT2D eigenvalue weighted by atomic mass is 10.2. The van der Waals surface area contributed by atoms with Gasteiger partial charge in [-0.05, 0) is 6.07 Å². The van der Waals surface area contributed by atoms with Crippen LogP contribution in [-0.4, -0.2) is 62.2 Å². The number of morpholine rings is 1. The van der Waals surface area contributed by atoms with Crippen LogP contribution < -0.4 is 10.6 Å². The molecule has 6 heteroatoms. The second-order valence-corrected chi connectivity index (χ2v) is 4.38. The number of carbonyl (C=O) groups is 1. The topological polar surface area (TPSA) is 66.5 Å². The van der Waals surface area contributed by atoms with Gasteiger partial charge in [-0.1, -0.05) is 0 Å². The van der Waals surface area contributed by atoms with Crippen molar-refractivity contribution in [1.29, 1.82) is 0 Å². The summed E-state index contributed by atoms with van der Waals surface area (Å²) in [4.78, 5) is 18.3. The summed E-state index contributed by atoms with van der Waals surface area (Å²) in [6, 6.07) is 1.72. The third kappa shape index (κ3) is 3.90. The Kier molecular flexibility index (Phi) is 5.11. The summed E-state index contributed by atoms with van der Waals surface area (Å²) in [7, 11) is 1.78. The normalized spacial score (nSPS) is 16.1. The number of rotatable bonds is 5. The van der Waals surface area contributed by atoms with Crippen LogP contribution in [0.2, 0.25) is 0 Å². The maximum absolute atomic E-state index is 12.0. The number of anilines is 1. The van der Waals surface area contributed by atoms with Gasteiger partial charge in [-0.15, -0.1) is 0 Å². The highest BCUT2D eigenvalue weighted by Gasteiger charge is 2.12. The van der Waals surface area contributed by atoms with E-state index in [-0.39, 0.29) is 5.91 Å². The molecule has 104 valence electrons. The molecular weight excluding hydrogens is 244 g/mol. The fraction of sp³-hybridized carbons (Fsp3) is 0.538. The first kappa shape index (κ1) is 13.8. The summed E-state index contributed by atoms with van der Waals surface area (Å²) >= 11 is 0. The highest BCUT2D eigenvalue weighted by atomic mass is 16.5. The highest BCUT2D eigenvalue weighted by Crippen LogP contribution is 2.11. The van der Waals surface area contributed by atoms with Crippen molar-refractivity contribution in [2.45, 2.75) is 0 Å². The van der Waals surface area contributed by atoms with Crippen LogP contribution in [-0.2, 0) is 4.74 Å². The lowest BCUT2D eigenvalue weighted by Crippen LogP contribution is -2.41. The molecule has 0 atom stereocenters.